The molecule has 1 atom stereocenters. The van der Waals surface area contributed by atoms with Crippen LogP contribution in [0.2, 0.25) is 0 Å². The molecule has 0 saturated carbocycles. The Kier molecular flexibility index (Phi) is 5.94. The average molecular weight is 425 g/mol. The third-order valence-corrected chi connectivity index (χ3v) is 5.11. The second-order valence-corrected chi connectivity index (χ2v) is 7.14. The number of hydrogen-bond acceptors (Lipinski definition) is 6. The first kappa shape index (κ1) is 20.5. The molecule has 3 aromatic rings. The number of piperidine rings is 1. The number of nitrogens with zero attached hydrogens (tertiary/aromatic N) is 5. The summed E-state index contributed by atoms with van der Waals surface area (Å²) in [5, 5.41) is 17.2. The highest BCUT2D eigenvalue weighted by atomic mass is 19.2. The summed E-state index contributed by atoms with van der Waals surface area (Å²) < 4.78 is 29.6. The van der Waals surface area contributed by atoms with Crippen molar-refractivity contribution in [3.8, 4) is 11.1 Å². The van der Waals surface area contributed by atoms with Gasteiger partial charge in [-0.1, -0.05) is 11.3 Å². The summed E-state index contributed by atoms with van der Waals surface area (Å²) in [6.45, 7) is 1.87. The van der Waals surface area contributed by atoms with Crippen molar-refractivity contribution in [2.24, 2.45) is 10.3 Å². The van der Waals surface area contributed by atoms with E-state index in [0.717, 1.165) is 37.6 Å². The standard InChI is InChI=1S/C20H21F2N9/c21-16-4-1-5-17(18(16)22)28-20(29-30-24)15-7-12(8-26-19(15)23)13-9-27-31(11-13)14-3-2-6-25-10-14/h1,4-5,7-9,11,14,25H,2-3,6,10H2,(H2,23,26)(H2,24,28,29)/t14-/m0/s1. The van der Waals surface area contributed by atoms with E-state index in [9.17, 15) is 8.78 Å². The summed E-state index contributed by atoms with van der Waals surface area (Å²) in [5.41, 5.74) is 14.8. The van der Waals surface area contributed by atoms with Crippen LogP contribution in [-0.2, 0) is 0 Å². The number of amidine groups is 1. The van der Waals surface area contributed by atoms with E-state index < -0.39 is 11.6 Å². The number of halogens is 2. The van der Waals surface area contributed by atoms with Crippen molar-refractivity contribution in [1.82, 2.24) is 20.1 Å². The zero-order valence-electron chi connectivity index (χ0n) is 16.5. The van der Waals surface area contributed by atoms with Crippen LogP contribution >= 0.6 is 0 Å². The fourth-order valence-corrected chi connectivity index (χ4v) is 3.49. The van der Waals surface area contributed by atoms with Crippen molar-refractivity contribution in [2.75, 3.05) is 24.1 Å². The Morgan fingerprint density at radius 3 is 2.94 bits per heavy atom. The molecular weight excluding hydrogens is 404 g/mol. The zero-order valence-corrected chi connectivity index (χ0v) is 16.5. The van der Waals surface area contributed by atoms with E-state index in [1.54, 1.807) is 18.5 Å². The molecule has 9 nitrogen and oxygen atoms in total. The lowest BCUT2D eigenvalue weighted by atomic mass is 10.1. The lowest BCUT2D eigenvalue weighted by Gasteiger charge is -2.22. The number of benzene rings is 1. The Bertz CT molecular complexity index is 1120. The smallest absolute Gasteiger partial charge is 0.182 e. The van der Waals surface area contributed by atoms with E-state index in [4.69, 9.17) is 11.3 Å². The first-order chi connectivity index (χ1) is 15.1. The van der Waals surface area contributed by atoms with E-state index in [-0.39, 0.29) is 23.4 Å². The van der Waals surface area contributed by atoms with Crippen molar-refractivity contribution in [1.29, 1.82) is 5.53 Å². The van der Waals surface area contributed by atoms with Crippen LogP contribution in [0.1, 0.15) is 24.4 Å². The second-order valence-electron chi connectivity index (χ2n) is 7.14. The van der Waals surface area contributed by atoms with Gasteiger partial charge in [0.25, 0.3) is 0 Å². The molecule has 160 valence electrons. The van der Waals surface area contributed by atoms with Gasteiger partial charge in [0.2, 0.25) is 0 Å². The lowest BCUT2D eigenvalue weighted by Crippen LogP contribution is -2.31. The molecule has 2 aromatic heterocycles. The van der Waals surface area contributed by atoms with E-state index in [1.807, 2.05) is 10.9 Å². The zero-order chi connectivity index (χ0) is 21.8. The van der Waals surface area contributed by atoms with Crippen LogP contribution in [0.4, 0.5) is 20.3 Å². The predicted molar refractivity (Wildman–Crippen MR) is 113 cm³/mol. The molecule has 5 N–H and O–H groups in total. The summed E-state index contributed by atoms with van der Waals surface area (Å²) in [4.78, 5) is 4.20. The van der Waals surface area contributed by atoms with Crippen LogP contribution in [0.25, 0.3) is 11.1 Å². The summed E-state index contributed by atoms with van der Waals surface area (Å²) in [7, 11) is 0. The van der Waals surface area contributed by atoms with Gasteiger partial charge in [0.05, 0.1) is 23.5 Å². The molecule has 1 saturated heterocycles. The van der Waals surface area contributed by atoms with Gasteiger partial charge >= 0.3 is 0 Å². The molecule has 11 heteroatoms. The predicted octanol–water partition coefficient (Wildman–Crippen LogP) is 3.53. The average Bonchev–Trinajstić information content (AvgIpc) is 3.28. The van der Waals surface area contributed by atoms with E-state index >= 15 is 0 Å². The third-order valence-electron chi connectivity index (χ3n) is 5.11. The Balaban J connectivity index is 1.66. The minimum absolute atomic E-state index is 0.0322. The molecule has 3 heterocycles. The quantitative estimate of drug-likeness (QED) is 0.215. The molecule has 0 unspecified atom stereocenters. The summed E-state index contributed by atoms with van der Waals surface area (Å²) in [6.07, 6.45) is 7.39. The van der Waals surface area contributed by atoms with Crippen molar-refractivity contribution in [3.63, 3.8) is 0 Å². The molecule has 0 aliphatic carbocycles. The number of nitrogen functional groups attached to an aromatic ring is 1. The molecule has 0 bridgehead atoms. The highest BCUT2D eigenvalue weighted by Crippen LogP contribution is 2.26. The molecule has 4 rings (SSSR count). The van der Waals surface area contributed by atoms with Crippen molar-refractivity contribution < 1.29 is 8.78 Å². The van der Waals surface area contributed by atoms with Gasteiger partial charge in [-0.25, -0.2) is 13.8 Å². The second kappa shape index (κ2) is 8.96. The van der Waals surface area contributed by atoms with Crippen LogP contribution in [0.5, 0.6) is 0 Å². The summed E-state index contributed by atoms with van der Waals surface area (Å²) in [5.74, 6) is -2.03. The molecule has 31 heavy (non-hydrogen) atoms. The Morgan fingerprint density at radius 2 is 2.16 bits per heavy atom. The van der Waals surface area contributed by atoms with Gasteiger partial charge in [-0.3, -0.25) is 4.68 Å². The maximum absolute atomic E-state index is 14.1. The number of pyridine rings is 1. The Morgan fingerprint density at radius 1 is 1.29 bits per heavy atom. The van der Waals surface area contributed by atoms with Crippen molar-refractivity contribution >= 4 is 17.3 Å². The SMILES string of the molecule is N=N/N=C(\Nc1cccc(F)c1F)c1cc(-c2cnn([C@H]3CCCNC3)c2)cnc1N. The van der Waals surface area contributed by atoms with Crippen LogP contribution in [0, 0.1) is 17.2 Å². The first-order valence-electron chi connectivity index (χ1n) is 9.73. The number of aromatic nitrogens is 3. The Hall–Kier alpha value is -3.73. The van der Waals surface area contributed by atoms with E-state index in [0.29, 0.717) is 11.1 Å². The van der Waals surface area contributed by atoms with Gasteiger partial charge in [0, 0.05) is 30.1 Å². The number of nitrogens with one attached hydrogen (secondary N) is 3. The minimum atomic E-state index is -1.08. The minimum Gasteiger partial charge on any atom is -0.383 e. The first-order valence-corrected chi connectivity index (χ1v) is 9.73. The lowest BCUT2D eigenvalue weighted by molar-refractivity contribution is 0.347. The topological polar surface area (TPSA) is 129 Å². The van der Waals surface area contributed by atoms with Gasteiger partial charge in [0.15, 0.2) is 17.5 Å². The molecule has 1 fully saturated rings. The number of anilines is 2. The Labute approximate surface area is 176 Å². The molecule has 0 radical (unpaired) electrons. The molecule has 0 amide bonds. The summed E-state index contributed by atoms with van der Waals surface area (Å²) in [6, 6.07) is 5.66. The monoisotopic (exact) mass is 425 g/mol. The van der Waals surface area contributed by atoms with Gasteiger partial charge in [-0.05, 0) is 37.6 Å². The summed E-state index contributed by atoms with van der Waals surface area (Å²) >= 11 is 0. The van der Waals surface area contributed by atoms with Gasteiger partial charge in [-0.2, -0.15) is 10.6 Å². The van der Waals surface area contributed by atoms with Gasteiger partial charge in [-0.15, -0.1) is 5.10 Å². The van der Waals surface area contributed by atoms with Crippen LogP contribution in [0.3, 0.4) is 0 Å². The molecule has 0 spiro atoms. The normalized spacial score (nSPS) is 16.8. The van der Waals surface area contributed by atoms with Crippen LogP contribution in [0.15, 0.2) is 53.2 Å². The van der Waals surface area contributed by atoms with Gasteiger partial charge < -0.3 is 16.4 Å². The largest absolute Gasteiger partial charge is 0.383 e. The number of nitrogens with two attached hydrogens (primary N) is 1. The molecule has 1 aliphatic rings. The third kappa shape index (κ3) is 4.40. The fourth-order valence-electron chi connectivity index (χ4n) is 3.49. The van der Waals surface area contributed by atoms with Crippen molar-refractivity contribution in [3.05, 3.63) is 60.1 Å². The highest BCUT2D eigenvalue weighted by molar-refractivity contribution is 6.11. The van der Waals surface area contributed by atoms with E-state index in [2.05, 4.69) is 31.0 Å². The van der Waals surface area contributed by atoms with E-state index in [1.165, 1.54) is 12.1 Å². The molecule has 1 aliphatic heterocycles. The van der Waals surface area contributed by atoms with Crippen LogP contribution < -0.4 is 16.4 Å². The van der Waals surface area contributed by atoms with Crippen LogP contribution in [-0.4, -0.2) is 33.7 Å². The molecule has 1 aromatic carbocycles. The molecular formula is C20H21F2N9. The number of rotatable bonds is 5. The maximum Gasteiger partial charge on any atom is 0.182 e. The van der Waals surface area contributed by atoms with Gasteiger partial charge in [0.1, 0.15) is 5.82 Å². The number of hydrogen-bond donors (Lipinski definition) is 4. The van der Waals surface area contributed by atoms with Crippen molar-refractivity contribution in [2.45, 2.75) is 18.9 Å². The maximum atomic E-state index is 14.1. The fraction of sp³-hybridized carbons (Fsp3) is 0.250. The highest BCUT2D eigenvalue weighted by Gasteiger charge is 2.18.